The first-order valence-corrected chi connectivity index (χ1v) is 6.62. The van der Waals surface area contributed by atoms with Crippen molar-refractivity contribution in [1.82, 2.24) is 0 Å². The van der Waals surface area contributed by atoms with E-state index >= 15 is 0 Å². The maximum Gasteiger partial charge on any atom is 0.319 e. The minimum absolute atomic E-state index is 0.00793. The molecule has 0 spiro atoms. The smallest absolute Gasteiger partial charge is 0.319 e. The number of carboxylic acid groups (broad SMARTS) is 1. The van der Waals surface area contributed by atoms with Gasteiger partial charge in [0.2, 0.25) is 0 Å². The fourth-order valence-electron chi connectivity index (χ4n) is 1.76. The Hall–Kier alpha value is -0.420. The van der Waals surface area contributed by atoms with Crippen molar-refractivity contribution in [2.24, 2.45) is 5.92 Å². The molecule has 0 bridgehead atoms. The lowest BCUT2D eigenvalue weighted by atomic mass is 10.1. The first-order chi connectivity index (χ1) is 7.02. The van der Waals surface area contributed by atoms with Gasteiger partial charge in [0.1, 0.15) is 5.25 Å². The zero-order valence-electron chi connectivity index (χ0n) is 9.14. The number of rotatable bonds is 5. The lowest BCUT2D eigenvalue weighted by Gasteiger charge is -2.17. The Morgan fingerprint density at radius 1 is 1.60 bits per heavy atom. The van der Waals surface area contributed by atoms with Crippen molar-refractivity contribution in [3.8, 4) is 0 Å². The Bertz CT molecular complexity index is 246. The zero-order valence-corrected chi connectivity index (χ0v) is 9.96. The molecule has 0 radical (unpaired) electrons. The van der Waals surface area contributed by atoms with Gasteiger partial charge in [0.05, 0.1) is 11.9 Å². The number of carboxylic acids is 1. The molecule has 3 atom stereocenters. The van der Waals surface area contributed by atoms with Crippen LogP contribution in [0.15, 0.2) is 0 Å². The zero-order chi connectivity index (χ0) is 11.4. The van der Waals surface area contributed by atoms with Crippen molar-refractivity contribution in [2.75, 3.05) is 12.4 Å². The van der Waals surface area contributed by atoms with Gasteiger partial charge in [-0.1, -0.05) is 13.8 Å². The largest absolute Gasteiger partial charge is 0.480 e. The van der Waals surface area contributed by atoms with Gasteiger partial charge in [-0.05, 0) is 18.8 Å². The molecule has 1 fully saturated rings. The van der Waals surface area contributed by atoms with E-state index in [0.29, 0.717) is 12.4 Å². The maximum atomic E-state index is 11.8. The standard InChI is InChI=1S/C10H18O4S/c1-7(2)9(10(11)12)15(13)6-8-4-3-5-14-8/h7-9H,3-6H2,1-2H3,(H,11,12). The molecule has 4 nitrogen and oxygen atoms in total. The number of hydrogen-bond acceptors (Lipinski definition) is 3. The van der Waals surface area contributed by atoms with E-state index in [1.165, 1.54) is 0 Å². The molecular formula is C10H18O4S. The van der Waals surface area contributed by atoms with Gasteiger partial charge in [-0.2, -0.15) is 0 Å². The van der Waals surface area contributed by atoms with Crippen LogP contribution in [0.1, 0.15) is 26.7 Å². The van der Waals surface area contributed by atoms with Crippen LogP contribution < -0.4 is 0 Å². The predicted molar refractivity (Wildman–Crippen MR) is 58.2 cm³/mol. The Labute approximate surface area is 92.5 Å². The summed E-state index contributed by atoms with van der Waals surface area (Å²) in [4.78, 5) is 10.9. The highest BCUT2D eigenvalue weighted by molar-refractivity contribution is 7.86. The van der Waals surface area contributed by atoms with E-state index in [4.69, 9.17) is 9.84 Å². The summed E-state index contributed by atoms with van der Waals surface area (Å²) in [6.07, 6.45) is 1.88. The summed E-state index contributed by atoms with van der Waals surface area (Å²) in [6, 6.07) is 0. The van der Waals surface area contributed by atoms with Crippen LogP contribution in [0.25, 0.3) is 0 Å². The van der Waals surface area contributed by atoms with Crippen LogP contribution in [0.5, 0.6) is 0 Å². The molecule has 0 aromatic heterocycles. The Balaban J connectivity index is 2.52. The van der Waals surface area contributed by atoms with E-state index in [0.717, 1.165) is 12.8 Å². The van der Waals surface area contributed by atoms with Crippen molar-refractivity contribution in [1.29, 1.82) is 0 Å². The maximum absolute atomic E-state index is 11.8. The average molecular weight is 234 g/mol. The third kappa shape index (κ3) is 3.57. The minimum atomic E-state index is -1.33. The summed E-state index contributed by atoms with van der Waals surface area (Å²) in [5.74, 6) is -0.721. The Kier molecular flexibility index (Phi) is 4.73. The number of ether oxygens (including phenoxy) is 1. The van der Waals surface area contributed by atoms with E-state index in [9.17, 15) is 9.00 Å². The van der Waals surface area contributed by atoms with Crippen LogP contribution in [0.3, 0.4) is 0 Å². The van der Waals surface area contributed by atoms with Gasteiger partial charge >= 0.3 is 5.97 Å². The SMILES string of the molecule is CC(C)C(C(=O)O)S(=O)CC1CCCO1. The Morgan fingerprint density at radius 3 is 2.67 bits per heavy atom. The van der Waals surface area contributed by atoms with Crippen molar-refractivity contribution in [3.05, 3.63) is 0 Å². The lowest BCUT2D eigenvalue weighted by molar-refractivity contribution is -0.137. The summed E-state index contributed by atoms with van der Waals surface area (Å²) >= 11 is 0. The fraction of sp³-hybridized carbons (Fsp3) is 0.900. The second-order valence-corrected chi connectivity index (χ2v) is 5.79. The summed E-state index contributed by atoms with van der Waals surface area (Å²) in [5, 5.41) is 8.18. The molecule has 1 saturated heterocycles. The van der Waals surface area contributed by atoms with E-state index in [2.05, 4.69) is 0 Å². The van der Waals surface area contributed by atoms with Gasteiger partial charge in [-0.25, -0.2) is 0 Å². The van der Waals surface area contributed by atoms with Gasteiger partial charge in [-0.3, -0.25) is 9.00 Å². The monoisotopic (exact) mass is 234 g/mol. The molecule has 88 valence electrons. The third-order valence-electron chi connectivity index (χ3n) is 2.51. The topological polar surface area (TPSA) is 63.6 Å². The number of aliphatic carboxylic acids is 1. The quantitative estimate of drug-likeness (QED) is 0.771. The van der Waals surface area contributed by atoms with Crippen molar-refractivity contribution >= 4 is 16.8 Å². The summed E-state index contributed by atoms with van der Waals surface area (Å²) in [7, 11) is -1.33. The summed E-state index contributed by atoms with van der Waals surface area (Å²) < 4.78 is 17.2. The lowest BCUT2D eigenvalue weighted by Crippen LogP contribution is -2.35. The molecule has 0 aliphatic carbocycles. The molecule has 3 unspecified atom stereocenters. The molecule has 1 heterocycles. The first-order valence-electron chi connectivity index (χ1n) is 5.24. The van der Waals surface area contributed by atoms with Gasteiger partial charge in [-0.15, -0.1) is 0 Å². The molecule has 1 aliphatic rings. The number of hydrogen-bond donors (Lipinski definition) is 1. The van der Waals surface area contributed by atoms with Crippen LogP contribution in [0.4, 0.5) is 0 Å². The summed E-state index contributed by atoms with van der Waals surface area (Å²) in [6.45, 7) is 4.28. The van der Waals surface area contributed by atoms with Crippen LogP contribution >= 0.6 is 0 Å². The van der Waals surface area contributed by atoms with Crippen molar-refractivity contribution in [2.45, 2.75) is 38.0 Å². The molecule has 0 aromatic carbocycles. The molecule has 1 aliphatic heterocycles. The highest BCUT2D eigenvalue weighted by Gasteiger charge is 2.30. The molecule has 0 saturated carbocycles. The van der Waals surface area contributed by atoms with Gasteiger partial charge < -0.3 is 9.84 Å². The average Bonchev–Trinajstić information content (AvgIpc) is 2.54. The van der Waals surface area contributed by atoms with Crippen molar-refractivity contribution < 1.29 is 18.8 Å². The molecule has 15 heavy (non-hydrogen) atoms. The first kappa shape index (κ1) is 12.6. The highest BCUT2D eigenvalue weighted by Crippen LogP contribution is 2.17. The van der Waals surface area contributed by atoms with Crippen LogP contribution in [0.2, 0.25) is 0 Å². The number of carbonyl (C=O) groups is 1. The third-order valence-corrected chi connectivity index (χ3v) is 4.52. The molecule has 0 aromatic rings. The van der Waals surface area contributed by atoms with Crippen LogP contribution in [-0.2, 0) is 20.3 Å². The van der Waals surface area contributed by atoms with E-state index in [1.54, 1.807) is 13.8 Å². The minimum Gasteiger partial charge on any atom is -0.480 e. The Morgan fingerprint density at radius 2 is 2.27 bits per heavy atom. The van der Waals surface area contributed by atoms with E-state index in [1.807, 2.05) is 0 Å². The van der Waals surface area contributed by atoms with Gasteiger partial charge in [0, 0.05) is 17.4 Å². The normalized spacial score (nSPS) is 25.4. The molecule has 1 N–H and O–H groups in total. The van der Waals surface area contributed by atoms with Crippen LogP contribution in [-0.4, -0.2) is 39.0 Å². The second kappa shape index (κ2) is 5.61. The molecular weight excluding hydrogens is 216 g/mol. The molecule has 0 amide bonds. The van der Waals surface area contributed by atoms with Gasteiger partial charge in [0.25, 0.3) is 0 Å². The van der Waals surface area contributed by atoms with E-state index in [-0.39, 0.29) is 12.0 Å². The fourth-order valence-corrected chi connectivity index (χ4v) is 3.43. The molecule has 1 rings (SSSR count). The summed E-state index contributed by atoms with van der Waals surface area (Å²) in [5.41, 5.74) is 0. The van der Waals surface area contributed by atoms with Crippen LogP contribution in [0, 0.1) is 5.92 Å². The molecule has 5 heteroatoms. The highest BCUT2D eigenvalue weighted by atomic mass is 32.2. The predicted octanol–water partition coefficient (Wildman–Crippen LogP) is 1.02. The van der Waals surface area contributed by atoms with Crippen molar-refractivity contribution in [3.63, 3.8) is 0 Å². The van der Waals surface area contributed by atoms with Gasteiger partial charge in [0.15, 0.2) is 0 Å². The second-order valence-electron chi connectivity index (χ2n) is 4.19. The van der Waals surface area contributed by atoms with E-state index < -0.39 is 22.0 Å².